The van der Waals surface area contributed by atoms with Crippen molar-refractivity contribution in [2.24, 2.45) is 16.2 Å². The number of benzene rings is 3. The molecule has 40 nitrogen and oxygen atoms in total. The van der Waals surface area contributed by atoms with Gasteiger partial charge in [-0.1, -0.05) is 55.5 Å². The van der Waals surface area contributed by atoms with Gasteiger partial charge in [0.15, 0.2) is 10.8 Å². The molecule has 3 aromatic carbocycles. The Hall–Kier alpha value is -10.6. The van der Waals surface area contributed by atoms with Crippen LogP contribution in [0.25, 0.3) is 21.3 Å². The number of carbonyl (C=O) groups excluding carboxylic acids is 9. The standard InChI is InChI=1S/C85H109N13O27S2/c1-52-57(55-13-15-65(93-72(55)78(111)112)96-25-19-54-8-7-9-56(58(54)40-96)76(109)94-80-92-59-10-5-6-11-64(59)126-80)39-89-98(52)51-84-46-82(2)45-83(3,47-84)49-85(48-82,50-84)123-31-27-95(4)81(113)122-42-53-12-14-62(124-79-75(108)74(107)73(106)63(41-99)125-79)60(38-53)90-67(101)18-22-86-69(103)43-121-30-24-88-77(110)61(44-127(114,115)116)91-68(102)21-28-117-32-34-119-36-37-120-35-33-118-29-23-87-66(100)20-26-97-70(104)16-17-71(97)105/h5-17,38-39,61,63,73-75,79,99,106-108H,18-37,40-51H2,1-4H3,(H,86,103)(H,87,100)(H,88,110)(H,90,101)(H,91,102)(H,111,112)(H,92,94,109)(H,114,115,116)/t61-,63+,73-,74-,75-,79+,82?,83?,84?,85?/m0/s1. The molecule has 12 N–H and O–H groups in total. The molecule has 3 aromatic heterocycles. The van der Waals surface area contributed by atoms with Crippen molar-refractivity contribution in [2.75, 3.05) is 147 Å². The van der Waals surface area contributed by atoms with E-state index in [0.29, 0.717) is 59.3 Å². The summed E-state index contributed by atoms with van der Waals surface area (Å²) in [5, 5.41) is 73.4. The summed E-state index contributed by atoms with van der Waals surface area (Å²) in [7, 11) is -3.20. The third-order valence-corrected chi connectivity index (χ3v) is 24.7. The topological polar surface area (TPSA) is 535 Å². The Morgan fingerprint density at radius 2 is 1.40 bits per heavy atom. The zero-order valence-electron chi connectivity index (χ0n) is 71.0. The zero-order valence-corrected chi connectivity index (χ0v) is 72.6. The molecule has 8 atom stereocenters. The minimum Gasteiger partial charge on any atom is -0.476 e. The zero-order chi connectivity index (χ0) is 90.8. The van der Waals surface area contributed by atoms with Crippen LogP contribution in [0.5, 0.6) is 5.75 Å². The number of para-hydroxylation sites is 1. The van der Waals surface area contributed by atoms with Gasteiger partial charge in [-0.15, -0.1) is 0 Å². The van der Waals surface area contributed by atoms with Crippen LogP contribution in [0, 0.1) is 23.2 Å². The van der Waals surface area contributed by atoms with Crippen molar-refractivity contribution in [3.8, 4) is 16.9 Å². The highest BCUT2D eigenvalue weighted by Gasteiger charge is 2.66. The van der Waals surface area contributed by atoms with Gasteiger partial charge in [-0.2, -0.15) is 13.5 Å². The minimum absolute atomic E-state index is 0.0204. The maximum Gasteiger partial charge on any atom is 0.409 e. The maximum absolute atomic E-state index is 13.8. The molecule has 9 amide bonds. The van der Waals surface area contributed by atoms with Crippen molar-refractivity contribution in [1.29, 1.82) is 0 Å². The number of fused-ring (bicyclic) bond motifs is 2. The van der Waals surface area contributed by atoms with Gasteiger partial charge in [-0.25, -0.2) is 19.6 Å². The molecule has 5 fully saturated rings. The summed E-state index contributed by atoms with van der Waals surface area (Å²) in [6.07, 6.45) is 0.110. The Morgan fingerprint density at radius 3 is 2.11 bits per heavy atom. The molecule has 7 aliphatic rings. The third kappa shape index (κ3) is 25.7. The van der Waals surface area contributed by atoms with E-state index < -0.39 is 119 Å². The van der Waals surface area contributed by atoms with Gasteiger partial charge in [0.25, 0.3) is 27.8 Å². The summed E-state index contributed by atoms with van der Waals surface area (Å²) in [4.78, 5) is 142. The number of nitrogens with one attached hydrogen (secondary N) is 6. The van der Waals surface area contributed by atoms with E-state index in [1.54, 1.807) is 25.4 Å². The summed E-state index contributed by atoms with van der Waals surface area (Å²) in [6.45, 7) is 7.34. The molecule has 2 unspecified atom stereocenters. The van der Waals surface area contributed by atoms with Crippen LogP contribution < -0.4 is 41.5 Å². The predicted molar refractivity (Wildman–Crippen MR) is 454 cm³/mol. The molecule has 13 rings (SSSR count). The molecule has 0 spiro atoms. The molecule has 6 aromatic rings. The van der Waals surface area contributed by atoms with Crippen LogP contribution in [0.2, 0.25) is 0 Å². The van der Waals surface area contributed by atoms with Gasteiger partial charge in [0.1, 0.15) is 61.0 Å². The van der Waals surface area contributed by atoms with Crippen molar-refractivity contribution >= 4 is 108 Å². The third-order valence-electron chi connectivity index (χ3n) is 23.0. The lowest BCUT2D eigenvalue weighted by Gasteiger charge is -2.69. The van der Waals surface area contributed by atoms with Crippen LogP contribution in [0.15, 0.2) is 91.1 Å². The number of aliphatic hydroxyl groups is 4. The first-order valence-corrected chi connectivity index (χ1v) is 44.3. The van der Waals surface area contributed by atoms with Crippen molar-refractivity contribution in [3.63, 3.8) is 0 Å². The molecule has 42 heteroatoms. The van der Waals surface area contributed by atoms with Gasteiger partial charge < -0.3 is 105 Å². The van der Waals surface area contributed by atoms with Crippen molar-refractivity contribution in [1.82, 2.24) is 50.8 Å². The number of anilines is 3. The van der Waals surface area contributed by atoms with E-state index in [1.165, 1.54) is 34.4 Å². The number of imide groups is 1. The summed E-state index contributed by atoms with van der Waals surface area (Å²) in [5.74, 6) is -6.69. The quantitative estimate of drug-likeness (QED) is 0.0148. The molecule has 6 heterocycles. The molecule has 1 saturated heterocycles. The molecule has 0 radical (unpaired) electrons. The molecular formula is C85H109N13O27S2. The van der Waals surface area contributed by atoms with Crippen molar-refractivity contribution in [2.45, 2.75) is 147 Å². The van der Waals surface area contributed by atoms with Crippen molar-refractivity contribution < 1.29 is 129 Å². The number of thiazole rings is 1. The highest BCUT2D eigenvalue weighted by Crippen LogP contribution is 2.72. The Kier molecular flexibility index (Phi) is 32.4. The summed E-state index contributed by atoms with van der Waals surface area (Å²) < 4.78 is 87.4. The van der Waals surface area contributed by atoms with Gasteiger partial charge in [0.2, 0.25) is 35.8 Å². The monoisotopic (exact) mass is 1810 g/mol. The highest BCUT2D eigenvalue weighted by molar-refractivity contribution is 7.85. The fourth-order valence-electron chi connectivity index (χ4n) is 18.2. The predicted octanol–water partition coefficient (Wildman–Crippen LogP) is 2.80. The summed E-state index contributed by atoms with van der Waals surface area (Å²) in [6, 6.07) is 19.5. The first-order valence-electron chi connectivity index (χ1n) is 41.9. The number of aromatic carboxylic acids is 1. The number of likely N-dealkylation sites (N-methyl/N-ethyl adjacent to an activating group) is 1. The fourth-order valence-corrected chi connectivity index (χ4v) is 19.8. The Balaban J connectivity index is 0.564. The first kappa shape index (κ1) is 95.5. The van der Waals surface area contributed by atoms with Gasteiger partial charge in [0.05, 0.1) is 100 Å². The number of nitrogens with zero attached hydrogens (tertiary/aromatic N) is 7. The number of carboxylic acids is 1. The number of pyridine rings is 1. The van der Waals surface area contributed by atoms with Crippen LogP contribution in [-0.2, 0) is 108 Å². The summed E-state index contributed by atoms with van der Waals surface area (Å²) >= 11 is 1.39. The Labute approximate surface area is 735 Å². The molecule has 4 bridgehead atoms. The SMILES string of the molecule is Cc1c(-c2ccc(N3CCc4cccc(C(=O)Nc5nc6ccccc6s5)c4C3)nc2C(=O)O)cnn1CC12CC3(C)CC(C)(C1)CC(OCCN(C)C(=O)OCc1ccc(O[C@@H]4O[C@H](CO)[C@H](O)[C@H](O)[C@@H]4O)c(NC(=O)CCNC(=O)COCCNC(=O)[C@H](CS(=O)(=O)O)NC(=O)CCOCCOCCOCCOCCNC(=O)CCN4C(=O)C=CC4=O)c1)(C3)C2. The largest absolute Gasteiger partial charge is 0.476 e. The van der Waals surface area contributed by atoms with Gasteiger partial charge >= 0.3 is 12.1 Å². The lowest BCUT2D eigenvalue weighted by molar-refractivity contribution is -0.277. The van der Waals surface area contributed by atoms with E-state index in [1.807, 2.05) is 59.0 Å². The second-order valence-corrected chi connectivity index (χ2v) is 35.9. The number of amides is 9. The fraction of sp³-hybridized carbons (Fsp3) is 0.541. The number of rotatable bonds is 47. The highest BCUT2D eigenvalue weighted by atomic mass is 32.2. The molecule has 688 valence electrons. The van der Waals surface area contributed by atoms with E-state index in [-0.39, 0.29) is 170 Å². The lowest BCUT2D eigenvalue weighted by atomic mass is 9.39. The second kappa shape index (κ2) is 43.0. The molecule has 3 aliphatic heterocycles. The van der Waals surface area contributed by atoms with Crippen LogP contribution >= 0.6 is 11.3 Å². The van der Waals surface area contributed by atoms with Crippen LogP contribution in [0.4, 0.5) is 21.4 Å². The van der Waals surface area contributed by atoms with E-state index >= 15 is 0 Å². The maximum atomic E-state index is 13.8. The van der Waals surface area contributed by atoms with Crippen LogP contribution in [0.1, 0.15) is 115 Å². The number of hydrogen-bond acceptors (Lipinski definition) is 30. The molecular weight excluding hydrogens is 1700 g/mol. The number of carbonyl (C=O) groups is 10. The van der Waals surface area contributed by atoms with Crippen LogP contribution in [-0.4, -0.2) is 301 Å². The van der Waals surface area contributed by atoms with Crippen molar-refractivity contribution in [3.05, 3.63) is 125 Å². The Morgan fingerprint density at radius 1 is 0.709 bits per heavy atom. The normalized spacial score (nSPS) is 22.5. The molecule has 4 aliphatic carbocycles. The van der Waals surface area contributed by atoms with E-state index in [4.69, 9.17) is 52.7 Å². The number of carboxylic acid groups (broad SMARTS) is 1. The molecule has 4 saturated carbocycles. The lowest BCUT2D eigenvalue weighted by Crippen LogP contribution is -2.64. The number of aliphatic hydroxyl groups excluding tert-OH is 4. The minimum atomic E-state index is -4.78. The van der Waals surface area contributed by atoms with E-state index in [0.717, 1.165) is 82.6 Å². The summed E-state index contributed by atoms with van der Waals surface area (Å²) in [5.41, 5.74) is 4.29. The van der Waals surface area contributed by atoms with E-state index in [2.05, 4.69) is 50.7 Å². The van der Waals surface area contributed by atoms with Gasteiger partial charge in [-0.05, 0) is 127 Å². The van der Waals surface area contributed by atoms with Crippen LogP contribution in [0.3, 0.4) is 0 Å². The smallest absolute Gasteiger partial charge is 0.409 e. The van der Waals surface area contributed by atoms with Gasteiger partial charge in [-0.3, -0.25) is 57.8 Å². The van der Waals surface area contributed by atoms with E-state index in [9.17, 15) is 86.4 Å². The average molecular weight is 1810 g/mol. The molecule has 127 heavy (non-hydrogen) atoms. The Bertz CT molecular complexity index is 5060. The number of ether oxygens (including phenoxy) is 9. The number of hydrogen-bond donors (Lipinski definition) is 12. The second-order valence-electron chi connectivity index (χ2n) is 33.4. The van der Waals surface area contributed by atoms with Gasteiger partial charge in [0, 0.05) is 113 Å². The first-order chi connectivity index (χ1) is 60.7. The number of aromatic nitrogens is 4. The average Bonchev–Trinajstić information content (AvgIpc) is 1.36.